The molecule has 2 rings (SSSR count). The second-order valence-corrected chi connectivity index (χ2v) is 4.64. The molecule has 2 unspecified atom stereocenters. The van der Waals surface area contributed by atoms with Gasteiger partial charge in [-0.15, -0.1) is 0 Å². The molecule has 0 radical (unpaired) electrons. The molecule has 0 aromatic heterocycles. The molecule has 0 bridgehead atoms. The molecule has 0 aliphatic carbocycles. The number of hydrogen-bond acceptors (Lipinski definition) is 5. The molecule has 1 aromatic rings. The van der Waals surface area contributed by atoms with Gasteiger partial charge in [0.1, 0.15) is 12.7 Å². The van der Waals surface area contributed by atoms with Crippen LogP contribution in [0.1, 0.15) is 12.5 Å². The van der Waals surface area contributed by atoms with Crippen LogP contribution >= 0.6 is 0 Å². The van der Waals surface area contributed by atoms with Crippen molar-refractivity contribution in [2.45, 2.75) is 19.1 Å². The first-order valence-electron chi connectivity index (χ1n) is 6.47. The van der Waals surface area contributed by atoms with Gasteiger partial charge in [0.25, 0.3) is 0 Å². The molecular formula is C14H17N3O3. The van der Waals surface area contributed by atoms with E-state index in [9.17, 15) is 4.79 Å². The number of nitriles is 1. The molecule has 1 aliphatic rings. The summed E-state index contributed by atoms with van der Waals surface area (Å²) < 4.78 is 10.7. The van der Waals surface area contributed by atoms with Crippen molar-refractivity contribution < 1.29 is 14.3 Å². The fraction of sp³-hybridized carbons (Fsp3) is 0.429. The standard InChI is InChI=1S/C14H17N3O3/c1-10-7-16-8-13(20-10)9-19-14(18)17-12-4-2-3-11(5-12)6-15/h2-5,10,13,16H,7-9H2,1H3,(H,17,18). The fourth-order valence-electron chi connectivity index (χ4n) is 1.96. The second-order valence-electron chi connectivity index (χ2n) is 4.64. The van der Waals surface area contributed by atoms with Crippen LogP contribution in [-0.2, 0) is 9.47 Å². The lowest BCUT2D eigenvalue weighted by Crippen LogP contribution is -2.45. The van der Waals surface area contributed by atoms with Crippen molar-refractivity contribution in [2.24, 2.45) is 0 Å². The van der Waals surface area contributed by atoms with Gasteiger partial charge >= 0.3 is 6.09 Å². The van der Waals surface area contributed by atoms with E-state index in [0.29, 0.717) is 17.8 Å². The molecule has 6 heteroatoms. The first kappa shape index (κ1) is 14.3. The number of hydrogen-bond donors (Lipinski definition) is 2. The van der Waals surface area contributed by atoms with Gasteiger partial charge < -0.3 is 14.8 Å². The number of carbonyl (C=O) groups is 1. The highest BCUT2D eigenvalue weighted by Gasteiger charge is 2.20. The second kappa shape index (κ2) is 6.89. The molecule has 1 amide bonds. The summed E-state index contributed by atoms with van der Waals surface area (Å²) in [6, 6.07) is 8.66. The Morgan fingerprint density at radius 2 is 2.45 bits per heavy atom. The Balaban J connectivity index is 1.79. The third-order valence-corrected chi connectivity index (χ3v) is 2.87. The van der Waals surface area contributed by atoms with Gasteiger partial charge in [0.15, 0.2) is 0 Å². The predicted molar refractivity (Wildman–Crippen MR) is 73.3 cm³/mol. The summed E-state index contributed by atoms with van der Waals surface area (Å²) in [7, 11) is 0. The maximum Gasteiger partial charge on any atom is 0.411 e. The quantitative estimate of drug-likeness (QED) is 0.873. The number of anilines is 1. The molecule has 0 saturated carbocycles. The molecular weight excluding hydrogens is 258 g/mol. The van der Waals surface area contributed by atoms with Crippen LogP contribution in [0.3, 0.4) is 0 Å². The Morgan fingerprint density at radius 3 is 3.20 bits per heavy atom. The van der Waals surface area contributed by atoms with E-state index in [0.717, 1.165) is 6.54 Å². The maximum absolute atomic E-state index is 11.6. The summed E-state index contributed by atoms with van der Waals surface area (Å²) in [5.74, 6) is 0. The SMILES string of the molecule is CC1CNCC(COC(=O)Nc2cccc(C#N)c2)O1. The van der Waals surface area contributed by atoms with Gasteiger partial charge in [0.05, 0.1) is 17.7 Å². The van der Waals surface area contributed by atoms with E-state index in [4.69, 9.17) is 14.7 Å². The first-order valence-corrected chi connectivity index (χ1v) is 6.47. The molecule has 1 aliphatic heterocycles. The Morgan fingerprint density at radius 1 is 1.60 bits per heavy atom. The third kappa shape index (κ3) is 4.23. The molecule has 6 nitrogen and oxygen atoms in total. The van der Waals surface area contributed by atoms with Crippen LogP contribution in [0.2, 0.25) is 0 Å². The van der Waals surface area contributed by atoms with Crippen molar-refractivity contribution in [3.05, 3.63) is 29.8 Å². The number of rotatable bonds is 3. The predicted octanol–water partition coefficient (Wildman–Crippen LogP) is 1.48. The lowest BCUT2D eigenvalue weighted by molar-refractivity contribution is -0.0533. The van der Waals surface area contributed by atoms with Crippen LogP contribution in [0, 0.1) is 11.3 Å². The molecule has 1 fully saturated rings. The van der Waals surface area contributed by atoms with Crippen LogP contribution in [0.5, 0.6) is 0 Å². The van der Waals surface area contributed by atoms with Gasteiger partial charge in [-0.3, -0.25) is 5.32 Å². The van der Waals surface area contributed by atoms with E-state index < -0.39 is 6.09 Å². The van der Waals surface area contributed by atoms with Crippen LogP contribution in [0.15, 0.2) is 24.3 Å². The summed E-state index contributed by atoms with van der Waals surface area (Å²) in [5.41, 5.74) is 1.02. The highest BCUT2D eigenvalue weighted by Crippen LogP contribution is 2.10. The largest absolute Gasteiger partial charge is 0.446 e. The number of ether oxygens (including phenoxy) is 2. The van der Waals surface area contributed by atoms with Crippen molar-refractivity contribution in [1.29, 1.82) is 5.26 Å². The average molecular weight is 275 g/mol. The van der Waals surface area contributed by atoms with Crippen LogP contribution in [0.25, 0.3) is 0 Å². The van der Waals surface area contributed by atoms with Crippen molar-refractivity contribution in [3.8, 4) is 6.07 Å². The topological polar surface area (TPSA) is 83.4 Å². The van der Waals surface area contributed by atoms with E-state index >= 15 is 0 Å². The van der Waals surface area contributed by atoms with E-state index in [1.165, 1.54) is 0 Å². The summed E-state index contributed by atoms with van der Waals surface area (Å²) in [5, 5.41) is 14.6. The Bertz CT molecular complexity index is 513. The normalized spacial score (nSPS) is 21.8. The summed E-state index contributed by atoms with van der Waals surface area (Å²) in [6.07, 6.45) is -0.565. The Hall–Kier alpha value is -2.10. The summed E-state index contributed by atoms with van der Waals surface area (Å²) in [4.78, 5) is 11.6. The number of amides is 1. The monoisotopic (exact) mass is 275 g/mol. The third-order valence-electron chi connectivity index (χ3n) is 2.87. The van der Waals surface area contributed by atoms with E-state index in [1.807, 2.05) is 13.0 Å². The zero-order chi connectivity index (χ0) is 14.4. The molecule has 0 spiro atoms. The van der Waals surface area contributed by atoms with Gasteiger partial charge in [-0.2, -0.15) is 5.26 Å². The Labute approximate surface area is 117 Å². The smallest absolute Gasteiger partial charge is 0.411 e. The zero-order valence-electron chi connectivity index (χ0n) is 11.3. The van der Waals surface area contributed by atoms with E-state index in [-0.39, 0.29) is 18.8 Å². The van der Waals surface area contributed by atoms with E-state index in [1.54, 1.807) is 24.3 Å². The summed E-state index contributed by atoms with van der Waals surface area (Å²) >= 11 is 0. The minimum absolute atomic E-state index is 0.118. The zero-order valence-corrected chi connectivity index (χ0v) is 11.3. The van der Waals surface area contributed by atoms with Crippen molar-refractivity contribution in [2.75, 3.05) is 25.0 Å². The van der Waals surface area contributed by atoms with Gasteiger partial charge in [-0.25, -0.2) is 4.79 Å². The van der Waals surface area contributed by atoms with Crippen LogP contribution < -0.4 is 10.6 Å². The number of morpholine rings is 1. The van der Waals surface area contributed by atoms with Crippen molar-refractivity contribution >= 4 is 11.8 Å². The van der Waals surface area contributed by atoms with Crippen LogP contribution in [0.4, 0.5) is 10.5 Å². The van der Waals surface area contributed by atoms with Gasteiger partial charge in [0, 0.05) is 18.8 Å². The first-order chi connectivity index (χ1) is 9.67. The summed E-state index contributed by atoms with van der Waals surface area (Å²) in [6.45, 7) is 3.64. The number of carbonyl (C=O) groups excluding carboxylic acids is 1. The molecule has 20 heavy (non-hydrogen) atoms. The van der Waals surface area contributed by atoms with Crippen LogP contribution in [-0.4, -0.2) is 38.0 Å². The number of nitrogens with zero attached hydrogens (tertiary/aromatic N) is 1. The van der Waals surface area contributed by atoms with Gasteiger partial charge in [-0.1, -0.05) is 6.07 Å². The molecule has 1 heterocycles. The molecule has 106 valence electrons. The molecule has 1 saturated heterocycles. The molecule has 2 N–H and O–H groups in total. The fourth-order valence-corrected chi connectivity index (χ4v) is 1.96. The average Bonchev–Trinajstić information content (AvgIpc) is 2.45. The van der Waals surface area contributed by atoms with Gasteiger partial charge in [0.2, 0.25) is 0 Å². The number of nitrogens with one attached hydrogen (secondary N) is 2. The minimum atomic E-state index is -0.554. The lowest BCUT2D eigenvalue weighted by atomic mass is 10.2. The van der Waals surface area contributed by atoms with E-state index in [2.05, 4.69) is 10.6 Å². The molecule has 1 aromatic carbocycles. The number of benzene rings is 1. The maximum atomic E-state index is 11.6. The van der Waals surface area contributed by atoms with Crippen molar-refractivity contribution in [1.82, 2.24) is 5.32 Å². The minimum Gasteiger partial charge on any atom is -0.446 e. The lowest BCUT2D eigenvalue weighted by Gasteiger charge is -2.28. The Kier molecular flexibility index (Phi) is 4.93. The van der Waals surface area contributed by atoms with Gasteiger partial charge in [-0.05, 0) is 25.1 Å². The van der Waals surface area contributed by atoms with Crippen molar-refractivity contribution in [3.63, 3.8) is 0 Å². The molecule has 2 atom stereocenters. The highest BCUT2D eigenvalue weighted by molar-refractivity contribution is 5.84. The highest BCUT2D eigenvalue weighted by atomic mass is 16.6.